The van der Waals surface area contributed by atoms with Crippen LogP contribution >= 0.6 is 0 Å². The van der Waals surface area contributed by atoms with Gasteiger partial charge < -0.3 is 15.0 Å². The highest BCUT2D eigenvalue weighted by Gasteiger charge is 2.07. The zero-order valence-electron chi connectivity index (χ0n) is 12.5. The molecule has 2 aromatic rings. The van der Waals surface area contributed by atoms with E-state index in [0.29, 0.717) is 0 Å². The molecule has 0 radical (unpaired) electrons. The highest BCUT2D eigenvalue weighted by atomic mass is 16.5. The molecule has 1 N–H and O–H groups in total. The molecule has 0 saturated heterocycles. The zero-order chi connectivity index (χ0) is 14.5. The minimum absolute atomic E-state index is 0.839. The van der Waals surface area contributed by atoms with Gasteiger partial charge in [0.1, 0.15) is 11.6 Å². The largest absolute Gasteiger partial charge is 0.497 e. The summed E-state index contributed by atoms with van der Waals surface area (Å²) in [6, 6.07) is 12.1. The topological polar surface area (TPSA) is 37.4 Å². The van der Waals surface area contributed by atoms with Gasteiger partial charge in [-0.15, -0.1) is 0 Å². The van der Waals surface area contributed by atoms with E-state index in [2.05, 4.69) is 21.3 Å². The number of nitrogens with one attached hydrogen (secondary N) is 1. The Morgan fingerprint density at radius 3 is 2.40 bits per heavy atom. The summed E-state index contributed by atoms with van der Waals surface area (Å²) in [7, 11) is 5.63. The quantitative estimate of drug-likeness (QED) is 0.907. The number of pyridine rings is 1. The van der Waals surface area contributed by atoms with Crippen LogP contribution in [-0.2, 0) is 6.54 Å². The number of anilines is 2. The number of aryl methyl sites for hydroxylation is 1. The van der Waals surface area contributed by atoms with Gasteiger partial charge in [-0.05, 0) is 49.9 Å². The molecule has 0 amide bonds. The predicted octanol–water partition coefficient (Wildman–Crippen LogP) is 2.89. The van der Waals surface area contributed by atoms with Gasteiger partial charge in [0, 0.05) is 25.0 Å². The van der Waals surface area contributed by atoms with Gasteiger partial charge in [-0.2, -0.15) is 0 Å². The average molecular weight is 271 g/mol. The molecule has 2 rings (SSSR count). The normalized spacial score (nSPS) is 10.4. The molecule has 0 bridgehead atoms. The first-order valence-electron chi connectivity index (χ1n) is 6.64. The number of benzene rings is 1. The second-order valence-corrected chi connectivity index (χ2v) is 4.70. The van der Waals surface area contributed by atoms with Crippen LogP contribution in [0.1, 0.15) is 11.3 Å². The maximum Gasteiger partial charge on any atom is 0.132 e. The molecule has 0 unspecified atom stereocenters. The van der Waals surface area contributed by atoms with E-state index in [1.165, 1.54) is 5.56 Å². The Labute approximate surface area is 120 Å². The molecule has 0 atom stereocenters. The van der Waals surface area contributed by atoms with E-state index in [-0.39, 0.29) is 0 Å². The summed E-state index contributed by atoms with van der Waals surface area (Å²) < 4.78 is 5.18. The number of nitrogens with zero attached hydrogens (tertiary/aromatic N) is 2. The van der Waals surface area contributed by atoms with Crippen LogP contribution in [0, 0.1) is 6.92 Å². The second kappa shape index (κ2) is 6.39. The number of aromatic nitrogens is 1. The monoisotopic (exact) mass is 271 g/mol. The van der Waals surface area contributed by atoms with Crippen LogP contribution in [0.25, 0.3) is 0 Å². The zero-order valence-corrected chi connectivity index (χ0v) is 12.5. The molecule has 0 aliphatic rings. The molecular weight excluding hydrogens is 250 g/mol. The van der Waals surface area contributed by atoms with Crippen molar-refractivity contribution >= 4 is 11.5 Å². The molecular formula is C16H21N3O. The minimum atomic E-state index is 0.839. The Bertz CT molecular complexity index is 566. The number of rotatable bonds is 5. The van der Waals surface area contributed by atoms with Crippen molar-refractivity contribution in [2.45, 2.75) is 13.5 Å². The fourth-order valence-corrected chi connectivity index (χ4v) is 2.08. The lowest BCUT2D eigenvalue weighted by atomic mass is 10.2. The third-order valence-corrected chi connectivity index (χ3v) is 3.35. The van der Waals surface area contributed by atoms with Crippen molar-refractivity contribution < 1.29 is 4.74 Å². The maximum absolute atomic E-state index is 5.18. The van der Waals surface area contributed by atoms with E-state index in [9.17, 15) is 0 Å². The summed E-state index contributed by atoms with van der Waals surface area (Å²) in [4.78, 5) is 6.73. The SMILES string of the molecule is CNCc1ccc(N(C)c2ccc(OC)cc2)nc1C. The van der Waals surface area contributed by atoms with Gasteiger partial charge in [0.05, 0.1) is 7.11 Å². The van der Waals surface area contributed by atoms with Crippen LogP contribution in [0.3, 0.4) is 0 Å². The Morgan fingerprint density at radius 1 is 1.15 bits per heavy atom. The van der Waals surface area contributed by atoms with Crippen molar-refractivity contribution in [3.63, 3.8) is 0 Å². The Morgan fingerprint density at radius 2 is 1.85 bits per heavy atom. The van der Waals surface area contributed by atoms with Gasteiger partial charge in [0.2, 0.25) is 0 Å². The lowest BCUT2D eigenvalue weighted by molar-refractivity contribution is 0.415. The maximum atomic E-state index is 5.18. The van der Waals surface area contributed by atoms with E-state index in [1.54, 1.807) is 7.11 Å². The minimum Gasteiger partial charge on any atom is -0.497 e. The van der Waals surface area contributed by atoms with E-state index in [4.69, 9.17) is 4.74 Å². The Kier molecular flexibility index (Phi) is 4.58. The van der Waals surface area contributed by atoms with E-state index in [1.807, 2.05) is 51.4 Å². The summed E-state index contributed by atoms with van der Waals surface area (Å²) in [5.41, 5.74) is 3.36. The third kappa shape index (κ3) is 3.08. The molecule has 0 saturated carbocycles. The number of ether oxygens (including phenoxy) is 1. The van der Waals surface area contributed by atoms with Crippen LogP contribution in [0.5, 0.6) is 5.75 Å². The highest BCUT2D eigenvalue weighted by Crippen LogP contribution is 2.24. The lowest BCUT2D eigenvalue weighted by Gasteiger charge is -2.20. The first-order valence-corrected chi connectivity index (χ1v) is 6.64. The first-order chi connectivity index (χ1) is 9.65. The second-order valence-electron chi connectivity index (χ2n) is 4.70. The van der Waals surface area contributed by atoms with Crippen molar-refractivity contribution in [1.82, 2.24) is 10.3 Å². The predicted molar refractivity (Wildman–Crippen MR) is 82.8 cm³/mol. The molecule has 0 aliphatic heterocycles. The Hall–Kier alpha value is -2.07. The summed E-state index contributed by atoms with van der Waals surface area (Å²) in [5.74, 6) is 1.79. The summed E-state index contributed by atoms with van der Waals surface area (Å²) >= 11 is 0. The molecule has 1 aromatic carbocycles. The van der Waals surface area contributed by atoms with Crippen molar-refractivity contribution in [2.75, 3.05) is 26.1 Å². The molecule has 106 valence electrons. The van der Waals surface area contributed by atoms with Crippen molar-refractivity contribution in [1.29, 1.82) is 0 Å². The fourth-order valence-electron chi connectivity index (χ4n) is 2.08. The van der Waals surface area contributed by atoms with Crippen LogP contribution in [0.4, 0.5) is 11.5 Å². The van der Waals surface area contributed by atoms with Gasteiger partial charge in [-0.3, -0.25) is 0 Å². The van der Waals surface area contributed by atoms with Crippen LogP contribution in [0.15, 0.2) is 36.4 Å². The van der Waals surface area contributed by atoms with Crippen LogP contribution in [-0.4, -0.2) is 26.2 Å². The molecule has 1 heterocycles. The van der Waals surface area contributed by atoms with Crippen molar-refractivity contribution in [2.24, 2.45) is 0 Å². The van der Waals surface area contributed by atoms with Crippen molar-refractivity contribution in [3.8, 4) is 5.75 Å². The summed E-state index contributed by atoms with van der Waals surface area (Å²) in [6.07, 6.45) is 0. The van der Waals surface area contributed by atoms with E-state index >= 15 is 0 Å². The van der Waals surface area contributed by atoms with Gasteiger partial charge in [-0.25, -0.2) is 4.98 Å². The number of hydrogen-bond donors (Lipinski definition) is 1. The molecule has 4 nitrogen and oxygen atoms in total. The molecule has 20 heavy (non-hydrogen) atoms. The van der Waals surface area contributed by atoms with Gasteiger partial charge in [0.15, 0.2) is 0 Å². The number of hydrogen-bond acceptors (Lipinski definition) is 4. The average Bonchev–Trinajstić information content (AvgIpc) is 2.49. The van der Waals surface area contributed by atoms with E-state index < -0.39 is 0 Å². The standard InChI is InChI=1S/C16H21N3O/c1-12-13(11-17-2)5-10-16(18-12)19(3)14-6-8-15(20-4)9-7-14/h5-10,17H,11H2,1-4H3. The fraction of sp³-hybridized carbons (Fsp3) is 0.312. The van der Waals surface area contributed by atoms with Gasteiger partial charge >= 0.3 is 0 Å². The third-order valence-electron chi connectivity index (χ3n) is 3.35. The van der Waals surface area contributed by atoms with Crippen LogP contribution in [0.2, 0.25) is 0 Å². The summed E-state index contributed by atoms with van der Waals surface area (Å²) in [5, 5.41) is 3.15. The molecule has 0 spiro atoms. The summed E-state index contributed by atoms with van der Waals surface area (Å²) in [6.45, 7) is 2.88. The number of methoxy groups -OCH3 is 1. The molecule has 1 aromatic heterocycles. The Balaban J connectivity index is 2.23. The van der Waals surface area contributed by atoms with Gasteiger partial charge in [-0.1, -0.05) is 6.07 Å². The van der Waals surface area contributed by atoms with Crippen LogP contribution < -0.4 is 15.0 Å². The first kappa shape index (κ1) is 14.3. The van der Waals surface area contributed by atoms with Crippen molar-refractivity contribution in [3.05, 3.63) is 47.7 Å². The van der Waals surface area contributed by atoms with E-state index in [0.717, 1.165) is 29.5 Å². The smallest absolute Gasteiger partial charge is 0.132 e. The lowest BCUT2D eigenvalue weighted by Crippen LogP contribution is -2.13. The molecule has 0 fully saturated rings. The van der Waals surface area contributed by atoms with Gasteiger partial charge in [0.25, 0.3) is 0 Å². The molecule has 0 aliphatic carbocycles. The molecule has 4 heteroatoms. The highest BCUT2D eigenvalue weighted by molar-refractivity contribution is 5.60.